The molecule has 2 rings (SSSR count). The lowest BCUT2D eigenvalue weighted by molar-refractivity contribution is 0.338. The highest BCUT2D eigenvalue weighted by molar-refractivity contribution is 5.78. The fraction of sp³-hybridized carbons (Fsp3) is 0.588. The van der Waals surface area contributed by atoms with Gasteiger partial charge in [-0.25, -0.2) is 0 Å². The Bertz CT molecular complexity index is 394. The summed E-state index contributed by atoms with van der Waals surface area (Å²) in [5, 5.41) is 0. The van der Waals surface area contributed by atoms with Crippen molar-refractivity contribution in [3.63, 3.8) is 0 Å². The van der Waals surface area contributed by atoms with E-state index in [4.69, 9.17) is 5.73 Å². The molecule has 0 aliphatic carbocycles. The van der Waals surface area contributed by atoms with Crippen molar-refractivity contribution in [1.82, 2.24) is 4.90 Å². The molecule has 1 aliphatic rings. The van der Waals surface area contributed by atoms with Crippen molar-refractivity contribution in [3.05, 3.63) is 35.9 Å². The van der Waals surface area contributed by atoms with Gasteiger partial charge < -0.3 is 10.6 Å². The van der Waals surface area contributed by atoms with E-state index in [0.29, 0.717) is 0 Å². The minimum absolute atomic E-state index is 0.757. The Hall–Kier alpha value is -1.51. The van der Waals surface area contributed by atoms with E-state index in [-0.39, 0.29) is 0 Å². The molecule has 0 saturated carbocycles. The van der Waals surface area contributed by atoms with Crippen LogP contribution < -0.4 is 5.73 Å². The fourth-order valence-electron chi connectivity index (χ4n) is 2.68. The molecule has 110 valence electrons. The van der Waals surface area contributed by atoms with Gasteiger partial charge in [-0.2, -0.15) is 0 Å². The molecule has 3 nitrogen and oxygen atoms in total. The normalized spacial score (nSPS) is 16.4. The summed E-state index contributed by atoms with van der Waals surface area (Å²) in [4.78, 5) is 6.74. The predicted octanol–water partition coefficient (Wildman–Crippen LogP) is 3.20. The number of hydrogen-bond acceptors (Lipinski definition) is 1. The van der Waals surface area contributed by atoms with Crippen LogP contribution in [0.4, 0.5) is 0 Å². The third-order valence-electron chi connectivity index (χ3n) is 3.92. The third-order valence-corrected chi connectivity index (χ3v) is 3.92. The first kappa shape index (κ1) is 14.9. The lowest BCUT2D eigenvalue weighted by atomic mass is 10.1. The lowest BCUT2D eigenvalue weighted by Crippen LogP contribution is -2.40. The zero-order chi connectivity index (χ0) is 14.0. The maximum absolute atomic E-state index is 6.03. The Labute approximate surface area is 122 Å². The van der Waals surface area contributed by atoms with E-state index in [0.717, 1.165) is 32.0 Å². The smallest absolute Gasteiger partial charge is 0.191 e. The van der Waals surface area contributed by atoms with Gasteiger partial charge in [0.25, 0.3) is 0 Å². The summed E-state index contributed by atoms with van der Waals surface area (Å²) < 4.78 is 0. The Morgan fingerprint density at radius 3 is 2.50 bits per heavy atom. The first-order valence-electron chi connectivity index (χ1n) is 7.95. The fourth-order valence-corrected chi connectivity index (χ4v) is 2.68. The van der Waals surface area contributed by atoms with Crippen LogP contribution in [0.15, 0.2) is 35.3 Å². The van der Waals surface area contributed by atoms with E-state index < -0.39 is 0 Å². The molecule has 0 atom stereocenters. The van der Waals surface area contributed by atoms with Gasteiger partial charge >= 0.3 is 0 Å². The molecule has 0 spiro atoms. The zero-order valence-corrected chi connectivity index (χ0v) is 12.4. The van der Waals surface area contributed by atoms with Crippen LogP contribution in [0.3, 0.4) is 0 Å². The molecule has 3 heteroatoms. The standard InChI is InChI=1S/C17H27N3/c18-17(20-14-8-3-9-15-20)19-13-7-2-6-12-16-10-4-1-5-11-16/h1,4-5,10-11H,2-3,6-9,12-15H2,(H2,18,19). The highest BCUT2D eigenvalue weighted by Gasteiger charge is 2.11. The maximum Gasteiger partial charge on any atom is 0.191 e. The number of piperidine rings is 1. The van der Waals surface area contributed by atoms with Gasteiger partial charge in [-0.05, 0) is 44.1 Å². The van der Waals surface area contributed by atoms with Crippen LogP contribution in [0.5, 0.6) is 0 Å². The van der Waals surface area contributed by atoms with Crippen LogP contribution >= 0.6 is 0 Å². The van der Waals surface area contributed by atoms with Gasteiger partial charge in [-0.15, -0.1) is 0 Å². The van der Waals surface area contributed by atoms with Crippen molar-refractivity contribution in [2.24, 2.45) is 10.7 Å². The Balaban J connectivity index is 1.56. The molecule has 0 amide bonds. The number of aliphatic imine (C=N–C) groups is 1. The highest BCUT2D eigenvalue weighted by atomic mass is 15.2. The monoisotopic (exact) mass is 273 g/mol. The maximum atomic E-state index is 6.03. The number of aryl methyl sites for hydroxylation is 1. The molecule has 1 fully saturated rings. The minimum Gasteiger partial charge on any atom is -0.370 e. The number of likely N-dealkylation sites (tertiary alicyclic amines) is 1. The number of rotatable bonds is 6. The average Bonchev–Trinajstić information content (AvgIpc) is 2.52. The number of benzene rings is 1. The predicted molar refractivity (Wildman–Crippen MR) is 85.9 cm³/mol. The SMILES string of the molecule is NC(=NCCCCCc1ccccc1)N1CCCCC1. The average molecular weight is 273 g/mol. The van der Waals surface area contributed by atoms with Crippen LogP contribution in [0.2, 0.25) is 0 Å². The summed E-state index contributed by atoms with van der Waals surface area (Å²) in [7, 11) is 0. The van der Waals surface area contributed by atoms with Crippen molar-refractivity contribution in [2.45, 2.75) is 44.9 Å². The molecule has 1 heterocycles. The second-order valence-corrected chi connectivity index (χ2v) is 5.58. The molecular formula is C17H27N3. The van der Waals surface area contributed by atoms with Gasteiger partial charge in [-0.3, -0.25) is 4.99 Å². The van der Waals surface area contributed by atoms with Crippen molar-refractivity contribution in [3.8, 4) is 0 Å². The van der Waals surface area contributed by atoms with Crippen LogP contribution in [0.1, 0.15) is 44.1 Å². The summed E-state index contributed by atoms with van der Waals surface area (Å²) in [6, 6.07) is 10.7. The van der Waals surface area contributed by atoms with Crippen molar-refractivity contribution in [1.29, 1.82) is 0 Å². The van der Waals surface area contributed by atoms with Crippen molar-refractivity contribution < 1.29 is 0 Å². The second-order valence-electron chi connectivity index (χ2n) is 5.58. The van der Waals surface area contributed by atoms with Crippen molar-refractivity contribution in [2.75, 3.05) is 19.6 Å². The Kier molecular flexibility index (Phi) is 6.42. The zero-order valence-electron chi connectivity index (χ0n) is 12.4. The molecule has 0 aromatic heterocycles. The third kappa shape index (κ3) is 5.24. The Morgan fingerprint density at radius 1 is 1.00 bits per heavy atom. The summed E-state index contributed by atoms with van der Waals surface area (Å²) >= 11 is 0. The van der Waals surface area contributed by atoms with E-state index >= 15 is 0 Å². The summed E-state index contributed by atoms with van der Waals surface area (Å²) in [5.74, 6) is 0.757. The van der Waals surface area contributed by atoms with Crippen LogP contribution in [0, 0.1) is 0 Å². The first-order chi connectivity index (χ1) is 9.86. The number of unbranched alkanes of at least 4 members (excludes halogenated alkanes) is 2. The van der Waals surface area contributed by atoms with Crippen LogP contribution in [-0.2, 0) is 6.42 Å². The number of nitrogens with zero attached hydrogens (tertiary/aromatic N) is 2. The van der Waals surface area contributed by atoms with Crippen LogP contribution in [-0.4, -0.2) is 30.5 Å². The Morgan fingerprint density at radius 2 is 1.75 bits per heavy atom. The molecule has 0 radical (unpaired) electrons. The largest absolute Gasteiger partial charge is 0.370 e. The topological polar surface area (TPSA) is 41.6 Å². The molecule has 1 aromatic carbocycles. The number of nitrogens with two attached hydrogens (primary N) is 1. The van der Waals surface area contributed by atoms with E-state index in [9.17, 15) is 0 Å². The van der Waals surface area contributed by atoms with Gasteiger partial charge in [0.2, 0.25) is 0 Å². The first-order valence-corrected chi connectivity index (χ1v) is 7.95. The van der Waals surface area contributed by atoms with E-state index in [1.165, 1.54) is 44.1 Å². The molecule has 1 aromatic rings. The molecular weight excluding hydrogens is 246 g/mol. The van der Waals surface area contributed by atoms with Gasteiger partial charge in [0.15, 0.2) is 5.96 Å². The van der Waals surface area contributed by atoms with E-state index in [2.05, 4.69) is 40.2 Å². The minimum atomic E-state index is 0.757. The molecule has 20 heavy (non-hydrogen) atoms. The van der Waals surface area contributed by atoms with Gasteiger partial charge in [0, 0.05) is 19.6 Å². The molecule has 1 aliphatic heterocycles. The summed E-state index contributed by atoms with van der Waals surface area (Å²) in [5.41, 5.74) is 7.46. The number of guanidine groups is 1. The van der Waals surface area contributed by atoms with Crippen LogP contribution in [0.25, 0.3) is 0 Å². The van der Waals surface area contributed by atoms with E-state index in [1.54, 1.807) is 0 Å². The molecule has 1 saturated heterocycles. The van der Waals surface area contributed by atoms with Gasteiger partial charge in [-0.1, -0.05) is 36.8 Å². The molecule has 0 unspecified atom stereocenters. The summed E-state index contributed by atoms with van der Waals surface area (Å²) in [6.07, 6.45) is 8.63. The quantitative estimate of drug-likeness (QED) is 0.491. The lowest BCUT2D eigenvalue weighted by Gasteiger charge is -2.27. The molecule has 2 N–H and O–H groups in total. The van der Waals surface area contributed by atoms with Gasteiger partial charge in [0.05, 0.1) is 0 Å². The van der Waals surface area contributed by atoms with Crippen molar-refractivity contribution >= 4 is 5.96 Å². The van der Waals surface area contributed by atoms with Gasteiger partial charge in [0.1, 0.15) is 0 Å². The second kappa shape index (κ2) is 8.62. The molecule has 0 bridgehead atoms. The number of hydrogen-bond donors (Lipinski definition) is 1. The highest BCUT2D eigenvalue weighted by Crippen LogP contribution is 2.09. The van der Waals surface area contributed by atoms with E-state index in [1.807, 2.05) is 0 Å². The summed E-state index contributed by atoms with van der Waals surface area (Å²) in [6.45, 7) is 3.05.